The van der Waals surface area contributed by atoms with E-state index in [2.05, 4.69) is 15.5 Å². The maximum atomic E-state index is 13.4. The topological polar surface area (TPSA) is 134 Å². The Bertz CT molecular complexity index is 1190. The zero-order valence-corrected chi connectivity index (χ0v) is 21.3. The Morgan fingerprint density at radius 2 is 1.89 bits per heavy atom. The third-order valence-electron chi connectivity index (χ3n) is 6.33. The summed E-state index contributed by atoms with van der Waals surface area (Å²) in [5.41, 5.74) is 1.86. The van der Waals surface area contributed by atoms with E-state index in [0.717, 1.165) is 5.56 Å². The van der Waals surface area contributed by atoms with Gasteiger partial charge in [-0.2, -0.15) is 0 Å². The third-order valence-corrected chi connectivity index (χ3v) is 8.77. The number of aromatic nitrogens is 2. The van der Waals surface area contributed by atoms with Gasteiger partial charge in [-0.05, 0) is 50.5 Å². The average molecular weight is 516 g/mol. The first-order valence-corrected chi connectivity index (χ1v) is 13.9. The fourth-order valence-electron chi connectivity index (χ4n) is 4.18. The molecule has 3 N–H and O–H groups in total. The van der Waals surface area contributed by atoms with Crippen molar-refractivity contribution in [3.8, 4) is 11.4 Å². The van der Waals surface area contributed by atoms with Crippen LogP contribution in [0.3, 0.4) is 0 Å². The molecule has 4 rings (SSSR count). The second-order valence-electron chi connectivity index (χ2n) is 8.86. The number of sulfone groups is 1. The summed E-state index contributed by atoms with van der Waals surface area (Å²) >= 11 is 0. The van der Waals surface area contributed by atoms with Gasteiger partial charge in [-0.3, -0.25) is 0 Å². The minimum Gasteiger partial charge on any atom is -0.396 e. The van der Waals surface area contributed by atoms with E-state index in [1.54, 1.807) is 24.3 Å². The van der Waals surface area contributed by atoms with Crippen molar-refractivity contribution in [2.45, 2.75) is 30.9 Å². The molecule has 0 bridgehead atoms. The number of ether oxygens (including phenoxy) is 1. The molecule has 2 aliphatic rings. The van der Waals surface area contributed by atoms with Crippen LogP contribution in [0, 0.1) is 0 Å². The summed E-state index contributed by atoms with van der Waals surface area (Å²) in [6.45, 7) is 4.83. The average Bonchev–Trinajstić information content (AvgIpc) is 3.71. The molecular weight excluding hydrogens is 482 g/mol. The smallest absolute Gasteiger partial charge is 0.319 e. The largest absolute Gasteiger partial charge is 0.396 e. The molecular formula is C25H33N5O5S. The highest BCUT2D eigenvalue weighted by Crippen LogP contribution is 2.53. The zero-order valence-electron chi connectivity index (χ0n) is 20.4. The summed E-state index contributed by atoms with van der Waals surface area (Å²) in [5, 5.41) is 14.4. The maximum absolute atomic E-state index is 13.4. The number of anilines is 2. The van der Waals surface area contributed by atoms with Crippen molar-refractivity contribution in [3.05, 3.63) is 48.2 Å². The molecule has 0 radical (unpaired) electrons. The second kappa shape index (κ2) is 11.4. The lowest BCUT2D eigenvalue weighted by Gasteiger charge is -2.29. The molecule has 2 amide bonds. The zero-order chi connectivity index (χ0) is 25.6. The van der Waals surface area contributed by atoms with Crippen molar-refractivity contribution in [2.24, 2.45) is 0 Å². The van der Waals surface area contributed by atoms with Crippen molar-refractivity contribution in [1.82, 2.24) is 15.3 Å². The number of aliphatic hydroxyl groups excluding tert-OH is 1. The Hall–Kier alpha value is -3.02. The molecule has 36 heavy (non-hydrogen) atoms. The first-order chi connectivity index (χ1) is 17.4. The lowest BCUT2D eigenvalue weighted by atomic mass is 10.1. The second-order valence-corrected chi connectivity index (χ2v) is 11.2. The number of nitrogens with one attached hydrogen (secondary N) is 2. The van der Waals surface area contributed by atoms with E-state index in [1.165, 1.54) is 0 Å². The molecule has 0 spiro atoms. The maximum Gasteiger partial charge on any atom is 0.319 e. The van der Waals surface area contributed by atoms with Gasteiger partial charge in [0.1, 0.15) is 10.6 Å². The molecule has 2 heterocycles. The van der Waals surface area contributed by atoms with E-state index in [0.29, 0.717) is 75.1 Å². The minimum atomic E-state index is -3.51. The highest BCUT2D eigenvalue weighted by Gasteiger charge is 2.56. The van der Waals surface area contributed by atoms with Crippen molar-refractivity contribution in [1.29, 1.82) is 0 Å². The van der Waals surface area contributed by atoms with Gasteiger partial charge in [0, 0.05) is 43.6 Å². The van der Waals surface area contributed by atoms with Crippen molar-refractivity contribution >= 4 is 27.4 Å². The van der Waals surface area contributed by atoms with Gasteiger partial charge in [0.25, 0.3) is 0 Å². The molecule has 1 aromatic heterocycles. The molecule has 194 valence electrons. The number of urea groups is 1. The third kappa shape index (κ3) is 5.85. The van der Waals surface area contributed by atoms with Gasteiger partial charge in [0.05, 0.1) is 24.7 Å². The van der Waals surface area contributed by atoms with E-state index < -0.39 is 14.6 Å². The summed E-state index contributed by atoms with van der Waals surface area (Å²) in [7, 11) is -3.51. The SMILES string of the molecule is CCNC(=O)Nc1ccc(-c2nc(N3CCOCC3)cc(C3(S(=O)(=O)CC=CCCO)CC3)n2)cc1. The van der Waals surface area contributed by atoms with Crippen LogP contribution in [0.2, 0.25) is 0 Å². The molecule has 1 aliphatic carbocycles. The van der Waals surface area contributed by atoms with E-state index in [4.69, 9.17) is 19.8 Å². The van der Waals surface area contributed by atoms with Crippen molar-refractivity contribution in [2.75, 3.05) is 55.4 Å². The van der Waals surface area contributed by atoms with E-state index in [9.17, 15) is 13.2 Å². The predicted octanol–water partition coefficient (Wildman–Crippen LogP) is 2.46. The lowest BCUT2D eigenvalue weighted by Crippen LogP contribution is -2.37. The van der Waals surface area contributed by atoms with Crippen LogP contribution in [0.15, 0.2) is 42.5 Å². The van der Waals surface area contributed by atoms with Crippen LogP contribution in [0.1, 0.15) is 31.9 Å². The summed E-state index contributed by atoms with van der Waals surface area (Å²) in [5.74, 6) is 1.02. The molecule has 10 nitrogen and oxygen atoms in total. The highest BCUT2D eigenvalue weighted by molar-refractivity contribution is 7.92. The molecule has 1 aliphatic heterocycles. The minimum absolute atomic E-state index is 0.0164. The molecule has 1 saturated heterocycles. The van der Waals surface area contributed by atoms with Crippen LogP contribution in [-0.2, 0) is 19.3 Å². The normalized spacial score (nSPS) is 17.2. The quantitative estimate of drug-likeness (QED) is 0.411. The summed E-state index contributed by atoms with van der Waals surface area (Å²) in [6, 6.07) is 8.69. The summed E-state index contributed by atoms with van der Waals surface area (Å²) in [6.07, 6.45) is 4.74. The van der Waals surface area contributed by atoms with Crippen LogP contribution < -0.4 is 15.5 Å². The highest BCUT2D eigenvalue weighted by atomic mass is 32.2. The molecule has 11 heteroatoms. The van der Waals surface area contributed by atoms with E-state index in [1.807, 2.05) is 25.1 Å². The van der Waals surface area contributed by atoms with E-state index in [-0.39, 0.29) is 18.4 Å². The molecule has 1 aromatic carbocycles. The van der Waals surface area contributed by atoms with Crippen molar-refractivity contribution in [3.63, 3.8) is 0 Å². The Labute approximate surface area is 211 Å². The molecule has 1 saturated carbocycles. The predicted molar refractivity (Wildman–Crippen MR) is 139 cm³/mol. The number of benzene rings is 1. The fourth-order valence-corrected chi connectivity index (χ4v) is 6.03. The number of aliphatic hydroxyl groups is 1. The Balaban J connectivity index is 1.67. The van der Waals surface area contributed by atoms with Gasteiger partial charge in [0.15, 0.2) is 15.7 Å². The van der Waals surface area contributed by atoms with Crippen LogP contribution in [0.25, 0.3) is 11.4 Å². The Kier molecular flexibility index (Phi) is 8.22. The first-order valence-electron chi connectivity index (χ1n) is 12.2. The number of carbonyl (C=O) groups excluding carboxylic acids is 1. The Morgan fingerprint density at radius 3 is 2.53 bits per heavy atom. The standard InChI is InChI=1S/C25H33N5O5S/c1-2-26-24(32)27-20-8-6-19(7-9-20)23-28-21(18-22(29-23)30-12-15-35-16-13-30)25(10-11-25)36(33,34)17-5-3-4-14-31/h3,5-9,18,31H,2,4,10-17H2,1H3,(H2,26,27,32). The van der Waals surface area contributed by atoms with Crippen LogP contribution in [-0.4, -0.2) is 74.7 Å². The Morgan fingerprint density at radius 1 is 1.17 bits per heavy atom. The number of rotatable bonds is 10. The van der Waals surface area contributed by atoms with Crippen LogP contribution >= 0.6 is 0 Å². The summed E-state index contributed by atoms with van der Waals surface area (Å²) < 4.78 is 31.2. The molecule has 2 aromatic rings. The van der Waals surface area contributed by atoms with Gasteiger partial charge < -0.3 is 25.4 Å². The fraction of sp³-hybridized carbons (Fsp3) is 0.480. The van der Waals surface area contributed by atoms with Crippen molar-refractivity contribution < 1.29 is 23.1 Å². The van der Waals surface area contributed by atoms with Gasteiger partial charge in [-0.25, -0.2) is 23.2 Å². The monoisotopic (exact) mass is 515 g/mol. The number of hydrogen-bond acceptors (Lipinski definition) is 8. The number of morpholine rings is 1. The molecule has 2 fully saturated rings. The van der Waals surface area contributed by atoms with Gasteiger partial charge >= 0.3 is 6.03 Å². The van der Waals surface area contributed by atoms with Crippen LogP contribution in [0.4, 0.5) is 16.3 Å². The first kappa shape index (κ1) is 26.1. The van der Waals surface area contributed by atoms with E-state index >= 15 is 0 Å². The molecule has 0 unspecified atom stereocenters. The van der Waals surface area contributed by atoms with Gasteiger partial charge in [-0.1, -0.05) is 12.2 Å². The van der Waals surface area contributed by atoms with Crippen LogP contribution in [0.5, 0.6) is 0 Å². The number of carbonyl (C=O) groups is 1. The number of nitrogens with zero attached hydrogens (tertiary/aromatic N) is 3. The number of hydrogen-bond donors (Lipinski definition) is 3. The summed E-state index contributed by atoms with van der Waals surface area (Å²) in [4.78, 5) is 23.4. The lowest BCUT2D eigenvalue weighted by molar-refractivity contribution is 0.122. The number of amides is 2. The van der Waals surface area contributed by atoms with Gasteiger partial charge in [-0.15, -0.1) is 0 Å². The van der Waals surface area contributed by atoms with Gasteiger partial charge in [0.2, 0.25) is 0 Å². The molecule has 0 atom stereocenters.